The van der Waals surface area contributed by atoms with Crippen molar-refractivity contribution in [3.8, 4) is 0 Å². The van der Waals surface area contributed by atoms with Crippen LogP contribution in [0.5, 0.6) is 0 Å². The molecule has 1 saturated heterocycles. The van der Waals surface area contributed by atoms with Crippen molar-refractivity contribution in [2.75, 3.05) is 6.54 Å². The fraction of sp³-hybridized carbons (Fsp3) is 0.400. The number of morpholine rings is 1. The molecule has 0 bridgehead atoms. The molecule has 0 spiro atoms. The van der Waals surface area contributed by atoms with Gasteiger partial charge in [-0.2, -0.15) is 26.3 Å². The van der Waals surface area contributed by atoms with E-state index in [0.29, 0.717) is 18.7 Å². The van der Waals surface area contributed by atoms with Crippen molar-refractivity contribution in [1.29, 1.82) is 0 Å². The lowest BCUT2D eigenvalue weighted by molar-refractivity contribution is -0.208. The summed E-state index contributed by atoms with van der Waals surface area (Å²) in [6.07, 6.45) is -10.9. The van der Waals surface area contributed by atoms with Crippen molar-refractivity contribution in [2.24, 2.45) is 0 Å². The zero-order valence-electron chi connectivity index (χ0n) is 15.3. The summed E-state index contributed by atoms with van der Waals surface area (Å²) in [6, 6.07) is 10.1. The number of ether oxygens (including phenoxy) is 2. The highest BCUT2D eigenvalue weighted by Crippen LogP contribution is 2.36. The van der Waals surface area contributed by atoms with Gasteiger partial charge in [0, 0.05) is 6.54 Å². The predicted molar refractivity (Wildman–Crippen MR) is 92.8 cm³/mol. The van der Waals surface area contributed by atoms with Gasteiger partial charge in [-0.05, 0) is 36.2 Å². The van der Waals surface area contributed by atoms with Gasteiger partial charge in [0.15, 0.2) is 6.29 Å². The molecule has 29 heavy (non-hydrogen) atoms. The van der Waals surface area contributed by atoms with Gasteiger partial charge in [0.2, 0.25) is 0 Å². The number of benzene rings is 2. The maximum atomic E-state index is 13.0. The highest BCUT2D eigenvalue weighted by Gasteiger charge is 2.37. The zero-order chi connectivity index (χ0) is 21.2. The van der Waals surface area contributed by atoms with Crippen LogP contribution in [0, 0.1) is 0 Å². The van der Waals surface area contributed by atoms with Gasteiger partial charge in [-0.3, -0.25) is 0 Å². The maximum Gasteiger partial charge on any atom is 0.416 e. The molecule has 0 aliphatic carbocycles. The Kier molecular flexibility index (Phi) is 6.21. The van der Waals surface area contributed by atoms with Gasteiger partial charge in [-0.15, -0.1) is 0 Å². The van der Waals surface area contributed by atoms with E-state index < -0.39 is 42.4 Å². The van der Waals surface area contributed by atoms with Crippen molar-refractivity contribution in [1.82, 2.24) is 5.32 Å². The van der Waals surface area contributed by atoms with E-state index in [9.17, 15) is 26.3 Å². The smallest absolute Gasteiger partial charge is 0.346 e. The molecule has 9 heteroatoms. The molecule has 2 aromatic rings. The van der Waals surface area contributed by atoms with Crippen LogP contribution in [0.15, 0.2) is 48.5 Å². The molecule has 158 valence electrons. The van der Waals surface area contributed by atoms with Crippen LogP contribution in [0.4, 0.5) is 26.3 Å². The van der Waals surface area contributed by atoms with Crippen LogP contribution in [-0.2, 0) is 28.4 Å². The Labute approximate surface area is 163 Å². The van der Waals surface area contributed by atoms with Crippen LogP contribution in [0.2, 0.25) is 0 Å². The molecule has 1 N–H and O–H groups in total. The minimum Gasteiger partial charge on any atom is -0.346 e. The summed E-state index contributed by atoms with van der Waals surface area (Å²) in [4.78, 5) is 0. The van der Waals surface area contributed by atoms with E-state index in [1.54, 1.807) is 6.92 Å². The molecular formula is C20H19F6NO2. The van der Waals surface area contributed by atoms with Gasteiger partial charge in [0.1, 0.15) is 0 Å². The van der Waals surface area contributed by atoms with Gasteiger partial charge in [-0.1, -0.05) is 30.3 Å². The van der Waals surface area contributed by atoms with Crippen molar-refractivity contribution in [2.45, 2.75) is 44.3 Å². The first-order chi connectivity index (χ1) is 13.5. The maximum absolute atomic E-state index is 13.0. The molecule has 1 fully saturated rings. The molecule has 1 aliphatic heterocycles. The Hall–Kier alpha value is -2.10. The molecule has 3 nitrogen and oxygen atoms in total. The molecule has 1 aliphatic rings. The summed E-state index contributed by atoms with van der Waals surface area (Å²) in [5.41, 5.74) is -2.15. The van der Waals surface area contributed by atoms with E-state index in [1.165, 1.54) is 0 Å². The fourth-order valence-corrected chi connectivity index (χ4v) is 3.10. The monoisotopic (exact) mass is 419 g/mol. The quantitative estimate of drug-likeness (QED) is 0.681. The van der Waals surface area contributed by atoms with Crippen LogP contribution < -0.4 is 5.32 Å². The highest BCUT2D eigenvalue weighted by molar-refractivity contribution is 5.33. The second kappa shape index (κ2) is 8.33. The summed E-state index contributed by atoms with van der Waals surface area (Å²) in [6.45, 7) is 1.85. The Morgan fingerprint density at radius 2 is 1.55 bits per heavy atom. The van der Waals surface area contributed by atoms with E-state index >= 15 is 0 Å². The third-order valence-electron chi connectivity index (χ3n) is 4.48. The zero-order valence-corrected chi connectivity index (χ0v) is 15.3. The third-order valence-corrected chi connectivity index (χ3v) is 4.48. The predicted octanol–water partition coefficient (Wildman–Crippen LogP) is 5.32. The Bertz CT molecular complexity index is 790. The minimum atomic E-state index is -4.90. The highest BCUT2D eigenvalue weighted by atomic mass is 19.4. The first kappa shape index (κ1) is 21.6. The van der Waals surface area contributed by atoms with Crippen molar-refractivity contribution < 1.29 is 35.8 Å². The number of alkyl halides is 6. The number of nitrogens with one attached hydrogen (secondary N) is 1. The summed E-state index contributed by atoms with van der Waals surface area (Å²) in [5.74, 6) is 0. The standard InChI is InChI=1S/C20H19F6NO2/c1-12-10-27-17(14-5-3-2-4-6-14)18(29-12)28-11-13-7-15(19(21,22)23)9-16(8-13)20(24,25)26/h2-9,12,17-18,27H,10-11H2,1H3/t12-,17+,18?/m1/s1. The van der Waals surface area contributed by atoms with E-state index in [-0.39, 0.29) is 17.7 Å². The number of rotatable bonds is 4. The van der Waals surface area contributed by atoms with E-state index in [4.69, 9.17) is 9.47 Å². The fourth-order valence-electron chi connectivity index (χ4n) is 3.10. The van der Waals surface area contributed by atoms with Crippen LogP contribution >= 0.6 is 0 Å². The lowest BCUT2D eigenvalue weighted by Crippen LogP contribution is -2.47. The van der Waals surface area contributed by atoms with Crippen molar-refractivity contribution in [3.63, 3.8) is 0 Å². The average molecular weight is 419 g/mol. The minimum absolute atomic E-state index is 0.0943. The van der Waals surface area contributed by atoms with Gasteiger partial charge in [0.25, 0.3) is 0 Å². The van der Waals surface area contributed by atoms with Crippen LogP contribution in [-0.4, -0.2) is 18.9 Å². The molecule has 0 saturated carbocycles. The van der Waals surface area contributed by atoms with E-state index in [0.717, 1.165) is 5.56 Å². The molecule has 0 aromatic heterocycles. The number of halogens is 6. The van der Waals surface area contributed by atoms with Crippen LogP contribution in [0.1, 0.15) is 35.2 Å². The second-order valence-electron chi connectivity index (χ2n) is 6.84. The van der Waals surface area contributed by atoms with Gasteiger partial charge in [0.05, 0.1) is 29.9 Å². The van der Waals surface area contributed by atoms with Gasteiger partial charge >= 0.3 is 12.4 Å². The molecule has 0 amide bonds. The van der Waals surface area contributed by atoms with Crippen LogP contribution in [0.3, 0.4) is 0 Å². The first-order valence-corrected chi connectivity index (χ1v) is 8.88. The lowest BCUT2D eigenvalue weighted by atomic mass is 10.0. The number of hydrogen-bond donors (Lipinski definition) is 1. The largest absolute Gasteiger partial charge is 0.416 e. The molecule has 0 radical (unpaired) electrons. The average Bonchev–Trinajstić information content (AvgIpc) is 2.65. The van der Waals surface area contributed by atoms with Crippen molar-refractivity contribution >= 4 is 0 Å². The van der Waals surface area contributed by atoms with E-state index in [1.807, 2.05) is 30.3 Å². The number of hydrogen-bond acceptors (Lipinski definition) is 3. The van der Waals surface area contributed by atoms with Crippen LogP contribution in [0.25, 0.3) is 0 Å². The Morgan fingerprint density at radius 1 is 0.966 bits per heavy atom. The molecule has 1 unspecified atom stereocenters. The molecule has 1 heterocycles. The third kappa shape index (κ3) is 5.49. The molecule has 3 atom stereocenters. The van der Waals surface area contributed by atoms with E-state index in [2.05, 4.69) is 5.32 Å². The summed E-state index contributed by atoms with van der Waals surface area (Å²) < 4.78 is 89.5. The summed E-state index contributed by atoms with van der Waals surface area (Å²) in [7, 11) is 0. The Morgan fingerprint density at radius 3 is 2.10 bits per heavy atom. The summed E-state index contributed by atoms with van der Waals surface area (Å²) in [5, 5.41) is 3.23. The first-order valence-electron chi connectivity index (χ1n) is 8.88. The van der Waals surface area contributed by atoms with Gasteiger partial charge < -0.3 is 14.8 Å². The van der Waals surface area contributed by atoms with Crippen molar-refractivity contribution in [3.05, 3.63) is 70.8 Å². The molecule has 3 rings (SSSR count). The van der Waals surface area contributed by atoms with Gasteiger partial charge in [-0.25, -0.2) is 0 Å². The molecule has 2 aromatic carbocycles. The second-order valence-corrected chi connectivity index (χ2v) is 6.84. The normalized spacial score (nSPS) is 23.2. The summed E-state index contributed by atoms with van der Waals surface area (Å²) >= 11 is 0. The Balaban J connectivity index is 1.83. The SMILES string of the molecule is C[C@@H]1CN[C@@H](c2ccccc2)C(OCc2cc(C(F)(F)F)cc(C(F)(F)F)c2)O1. The lowest BCUT2D eigenvalue weighted by Gasteiger charge is -2.36. The topological polar surface area (TPSA) is 30.5 Å². The molecular weight excluding hydrogens is 400 g/mol.